The van der Waals surface area contributed by atoms with E-state index in [0.717, 1.165) is 33.8 Å². The largest absolute Gasteiger partial charge is 0.378 e. The van der Waals surface area contributed by atoms with Crippen LogP contribution in [0.25, 0.3) is 0 Å². The van der Waals surface area contributed by atoms with Gasteiger partial charge in [-0.1, -0.05) is 30.3 Å². The number of hydrogen-bond acceptors (Lipinski definition) is 5. The van der Waals surface area contributed by atoms with E-state index in [4.69, 9.17) is 0 Å². The second-order valence-electron chi connectivity index (χ2n) is 9.23. The van der Waals surface area contributed by atoms with Crippen LogP contribution in [-0.4, -0.2) is 60.2 Å². The lowest BCUT2D eigenvalue weighted by Gasteiger charge is -2.45. The van der Waals surface area contributed by atoms with Gasteiger partial charge in [0.05, 0.1) is 0 Å². The highest BCUT2D eigenvalue weighted by atomic mass is 16.2. The topological polar surface area (TPSA) is 42.1 Å². The molecule has 0 saturated heterocycles. The van der Waals surface area contributed by atoms with E-state index in [2.05, 4.69) is 75.9 Å². The van der Waals surface area contributed by atoms with Crippen LogP contribution in [0.3, 0.4) is 0 Å². The van der Waals surface area contributed by atoms with Crippen molar-refractivity contribution in [2.45, 2.75) is 5.54 Å². The summed E-state index contributed by atoms with van der Waals surface area (Å²) in [5, 5.41) is 1.61. The lowest BCUT2D eigenvalue weighted by atomic mass is 9.74. The molecule has 1 aliphatic rings. The molecule has 33 heavy (non-hydrogen) atoms. The van der Waals surface area contributed by atoms with Crippen molar-refractivity contribution in [1.82, 2.24) is 10.4 Å². The van der Waals surface area contributed by atoms with Crippen molar-refractivity contribution in [3.63, 3.8) is 0 Å². The number of hydrogen-bond donors (Lipinski definition) is 1. The van der Waals surface area contributed by atoms with Gasteiger partial charge in [-0.05, 0) is 53.1 Å². The van der Waals surface area contributed by atoms with Gasteiger partial charge in [0.15, 0.2) is 0 Å². The van der Waals surface area contributed by atoms with Crippen molar-refractivity contribution in [2.75, 3.05) is 64.0 Å². The molecular weight excluding hydrogens is 410 g/mol. The summed E-state index contributed by atoms with van der Waals surface area (Å²) < 4.78 is 0. The fourth-order valence-corrected chi connectivity index (χ4v) is 4.48. The van der Waals surface area contributed by atoms with Gasteiger partial charge in [0.2, 0.25) is 0 Å². The standard InChI is InChI=1S/C27H33N5O/c1-29(2)21-12-8-19(9-13-21)27(20-10-14-22(15-11-20)30(3)4)25-17-16-23(31(5)6)18-24(25)26(33)32(7)28-27/h8-18,28H,1-7H3. The Bertz CT molecular complexity index is 1100. The summed E-state index contributed by atoms with van der Waals surface area (Å²) in [6, 6.07) is 23.2. The fraction of sp³-hybridized carbons (Fsp3) is 0.296. The van der Waals surface area contributed by atoms with Crippen molar-refractivity contribution < 1.29 is 4.79 Å². The zero-order valence-electron chi connectivity index (χ0n) is 20.5. The number of benzene rings is 3. The van der Waals surface area contributed by atoms with E-state index in [1.54, 1.807) is 12.1 Å². The number of carbonyl (C=O) groups excluding carboxylic acids is 1. The monoisotopic (exact) mass is 443 g/mol. The SMILES string of the molecule is CN1NC(c2ccc(N(C)C)cc2)(c2ccc(N(C)C)cc2)c2ccc(N(C)C)cc2C1=O. The molecule has 0 spiro atoms. The highest BCUT2D eigenvalue weighted by Crippen LogP contribution is 2.43. The molecule has 1 heterocycles. The molecule has 4 rings (SSSR count). The Hall–Kier alpha value is -3.51. The molecule has 6 heteroatoms. The summed E-state index contributed by atoms with van der Waals surface area (Å²) >= 11 is 0. The zero-order valence-corrected chi connectivity index (χ0v) is 20.5. The number of amides is 1. The summed E-state index contributed by atoms with van der Waals surface area (Å²) in [6.07, 6.45) is 0. The first-order valence-corrected chi connectivity index (χ1v) is 11.1. The minimum atomic E-state index is -0.710. The van der Waals surface area contributed by atoms with Crippen molar-refractivity contribution in [1.29, 1.82) is 0 Å². The third kappa shape index (κ3) is 3.80. The summed E-state index contributed by atoms with van der Waals surface area (Å²) in [4.78, 5) is 19.5. The van der Waals surface area contributed by atoms with E-state index in [1.807, 2.05) is 53.3 Å². The molecule has 6 nitrogen and oxygen atoms in total. The first-order chi connectivity index (χ1) is 15.6. The second-order valence-corrected chi connectivity index (χ2v) is 9.23. The van der Waals surface area contributed by atoms with Gasteiger partial charge in [0.1, 0.15) is 5.54 Å². The number of carbonyl (C=O) groups is 1. The predicted octanol–water partition coefficient (Wildman–Crippen LogP) is 3.77. The number of rotatable bonds is 5. The maximum atomic E-state index is 13.3. The Morgan fingerprint density at radius 1 is 0.667 bits per heavy atom. The molecule has 0 aliphatic carbocycles. The Labute approximate surface area is 197 Å². The average Bonchev–Trinajstić information content (AvgIpc) is 2.81. The average molecular weight is 444 g/mol. The van der Waals surface area contributed by atoms with Gasteiger partial charge in [-0.15, -0.1) is 0 Å². The molecular formula is C27H33N5O. The lowest BCUT2D eigenvalue weighted by Crippen LogP contribution is -2.58. The Balaban J connectivity index is 2.01. The van der Waals surface area contributed by atoms with E-state index in [0.29, 0.717) is 5.56 Å². The highest BCUT2D eigenvalue weighted by Gasteiger charge is 2.45. The van der Waals surface area contributed by atoms with Crippen LogP contribution in [-0.2, 0) is 5.54 Å². The lowest BCUT2D eigenvalue weighted by molar-refractivity contribution is 0.0612. The molecule has 1 amide bonds. The minimum absolute atomic E-state index is 0.0425. The summed E-state index contributed by atoms with van der Waals surface area (Å²) in [5.41, 5.74) is 9.90. The van der Waals surface area contributed by atoms with Crippen LogP contribution in [0.1, 0.15) is 27.0 Å². The first kappa shape index (κ1) is 22.7. The Morgan fingerprint density at radius 3 is 1.52 bits per heavy atom. The fourth-order valence-electron chi connectivity index (χ4n) is 4.48. The molecule has 0 radical (unpaired) electrons. The maximum Gasteiger partial charge on any atom is 0.268 e. The number of nitrogens with one attached hydrogen (secondary N) is 1. The molecule has 0 bridgehead atoms. The summed E-state index contributed by atoms with van der Waals surface area (Å²) in [5.74, 6) is -0.0425. The van der Waals surface area contributed by atoms with Crippen LogP contribution in [0.2, 0.25) is 0 Å². The molecule has 0 atom stereocenters. The van der Waals surface area contributed by atoms with Crippen molar-refractivity contribution in [2.24, 2.45) is 0 Å². The number of nitrogens with zero attached hydrogens (tertiary/aromatic N) is 4. The van der Waals surface area contributed by atoms with E-state index >= 15 is 0 Å². The van der Waals surface area contributed by atoms with Crippen molar-refractivity contribution >= 4 is 23.0 Å². The third-order valence-corrected chi connectivity index (χ3v) is 6.43. The van der Waals surface area contributed by atoms with E-state index in [1.165, 1.54) is 0 Å². The van der Waals surface area contributed by atoms with Gasteiger partial charge in [-0.25, -0.2) is 5.43 Å². The van der Waals surface area contributed by atoms with Gasteiger partial charge >= 0.3 is 0 Å². The number of hydrazine groups is 1. The smallest absolute Gasteiger partial charge is 0.268 e. The molecule has 3 aromatic carbocycles. The van der Waals surface area contributed by atoms with Gasteiger partial charge in [-0.3, -0.25) is 9.80 Å². The minimum Gasteiger partial charge on any atom is -0.378 e. The zero-order chi connectivity index (χ0) is 23.9. The summed E-state index contributed by atoms with van der Waals surface area (Å²) in [6.45, 7) is 0. The maximum absolute atomic E-state index is 13.3. The molecule has 1 aliphatic heterocycles. The van der Waals surface area contributed by atoms with Crippen LogP contribution in [0.5, 0.6) is 0 Å². The van der Waals surface area contributed by atoms with Crippen LogP contribution in [0, 0.1) is 0 Å². The van der Waals surface area contributed by atoms with Crippen LogP contribution in [0.15, 0.2) is 66.7 Å². The number of anilines is 3. The molecule has 0 saturated carbocycles. The normalized spacial score (nSPS) is 14.6. The van der Waals surface area contributed by atoms with Gasteiger partial charge < -0.3 is 14.7 Å². The van der Waals surface area contributed by atoms with Crippen molar-refractivity contribution in [3.8, 4) is 0 Å². The second kappa shape index (κ2) is 8.45. The Kier molecular flexibility index (Phi) is 5.80. The highest BCUT2D eigenvalue weighted by molar-refractivity contribution is 5.98. The third-order valence-electron chi connectivity index (χ3n) is 6.43. The van der Waals surface area contributed by atoms with Crippen LogP contribution < -0.4 is 20.1 Å². The Morgan fingerprint density at radius 2 is 1.09 bits per heavy atom. The van der Waals surface area contributed by atoms with E-state index < -0.39 is 5.54 Å². The molecule has 1 N–H and O–H groups in total. The summed E-state index contributed by atoms with van der Waals surface area (Å²) in [7, 11) is 13.9. The quantitative estimate of drug-likeness (QED) is 0.650. The molecule has 0 aromatic heterocycles. The number of fused-ring (bicyclic) bond motifs is 1. The molecule has 172 valence electrons. The molecule has 0 unspecified atom stereocenters. The van der Waals surface area contributed by atoms with Gasteiger partial charge in [-0.2, -0.15) is 0 Å². The van der Waals surface area contributed by atoms with Gasteiger partial charge in [0, 0.05) is 72.0 Å². The van der Waals surface area contributed by atoms with Gasteiger partial charge in [0.25, 0.3) is 5.91 Å². The van der Waals surface area contributed by atoms with Crippen molar-refractivity contribution in [3.05, 3.63) is 89.0 Å². The molecule has 3 aromatic rings. The predicted molar refractivity (Wildman–Crippen MR) is 137 cm³/mol. The van der Waals surface area contributed by atoms with E-state index in [9.17, 15) is 4.79 Å². The first-order valence-electron chi connectivity index (χ1n) is 11.1. The van der Waals surface area contributed by atoms with Crippen LogP contribution >= 0.6 is 0 Å². The van der Waals surface area contributed by atoms with E-state index in [-0.39, 0.29) is 5.91 Å². The molecule has 0 fully saturated rings. The van der Waals surface area contributed by atoms with Crippen LogP contribution in [0.4, 0.5) is 17.1 Å².